The van der Waals surface area contributed by atoms with Crippen LogP contribution in [-0.4, -0.2) is 0 Å². The minimum absolute atomic E-state index is 0.285. The van der Waals surface area contributed by atoms with Crippen LogP contribution < -0.4 is 5.30 Å². The van der Waals surface area contributed by atoms with Gasteiger partial charge in [0.25, 0.3) is 0 Å². The second-order valence-electron chi connectivity index (χ2n) is 5.68. The van der Waals surface area contributed by atoms with E-state index in [1.165, 1.54) is 0 Å². The molecule has 0 amide bonds. The molecule has 0 aliphatic carbocycles. The summed E-state index contributed by atoms with van der Waals surface area (Å²) in [5.41, 5.74) is -5.27. The van der Waals surface area contributed by atoms with Crippen LogP contribution in [0.3, 0.4) is 0 Å². The van der Waals surface area contributed by atoms with Gasteiger partial charge in [0, 0.05) is 18.2 Å². The fraction of sp³-hybridized carbons (Fsp3) is 0. The summed E-state index contributed by atoms with van der Waals surface area (Å²) in [5.74, 6) is -24.0. The Hall–Kier alpha value is -2.52. The summed E-state index contributed by atoms with van der Waals surface area (Å²) in [6, 6.07) is 2.71. The van der Waals surface area contributed by atoms with E-state index in [0.29, 0.717) is 6.07 Å². The van der Waals surface area contributed by atoms with E-state index < -0.39 is 80.4 Å². The fourth-order valence-electron chi connectivity index (χ4n) is 2.75. The molecule has 3 aromatic carbocycles. The van der Waals surface area contributed by atoms with E-state index in [2.05, 4.69) is 0 Å². The van der Waals surface area contributed by atoms with Gasteiger partial charge in [0.2, 0.25) is 11.6 Å². The smallest absolute Gasteiger partial charge is 0.200 e. The third-order valence-electron chi connectivity index (χ3n) is 4.08. The molecule has 12 heteroatoms. The van der Waals surface area contributed by atoms with Crippen molar-refractivity contribution < 1.29 is 43.9 Å². The summed E-state index contributed by atoms with van der Waals surface area (Å²) >= 11 is 4.70. The number of hydrogen-bond acceptors (Lipinski definition) is 1. The number of rotatable bonds is 3. The molecule has 0 radical (unpaired) electrons. The summed E-state index contributed by atoms with van der Waals surface area (Å²) in [4.78, 5) is 0. The summed E-state index contributed by atoms with van der Waals surface area (Å²) in [6.07, 6.45) is 0. The van der Waals surface area contributed by atoms with Gasteiger partial charge in [-0.2, -0.15) is 0 Å². The van der Waals surface area contributed by atoms with Crippen molar-refractivity contribution in [1.29, 1.82) is 0 Å². The fourth-order valence-corrected chi connectivity index (χ4v) is 3.68. The van der Waals surface area contributed by atoms with E-state index in [1.54, 1.807) is 0 Å². The third-order valence-corrected chi connectivity index (χ3v) is 5.24. The maximum Gasteiger partial charge on any atom is 0.200 e. The van der Waals surface area contributed by atoms with Gasteiger partial charge >= 0.3 is 0 Å². The zero-order valence-corrected chi connectivity index (χ0v) is 15.6. The van der Waals surface area contributed by atoms with Crippen molar-refractivity contribution in [1.82, 2.24) is 0 Å². The molecule has 0 saturated heterocycles. The van der Waals surface area contributed by atoms with Gasteiger partial charge in [0.1, 0.15) is 0 Å². The first kappa shape index (κ1) is 22.2. The van der Waals surface area contributed by atoms with Crippen LogP contribution in [-0.2, 0) is 11.8 Å². The van der Waals surface area contributed by atoms with Gasteiger partial charge in [0.05, 0.1) is 11.1 Å². The lowest BCUT2D eigenvalue weighted by Gasteiger charge is -2.17. The molecule has 0 N–H and O–H groups in total. The molecule has 0 atom stereocenters. The number of hydrogen-bond donors (Lipinski definition) is 0. The molecule has 0 unspecified atom stereocenters. The van der Waals surface area contributed by atoms with E-state index >= 15 is 0 Å². The summed E-state index contributed by atoms with van der Waals surface area (Å²) in [6.45, 7) is 0. The molecule has 0 aliphatic rings. The van der Waals surface area contributed by atoms with E-state index in [4.69, 9.17) is 11.8 Å². The van der Waals surface area contributed by atoms with Crippen LogP contribution in [0.15, 0.2) is 18.2 Å². The van der Waals surface area contributed by atoms with Crippen LogP contribution >= 0.6 is 7.36 Å². The normalized spacial score (nSPS) is 11.4. The van der Waals surface area contributed by atoms with E-state index in [-0.39, 0.29) is 12.7 Å². The van der Waals surface area contributed by atoms with Crippen molar-refractivity contribution in [2.24, 2.45) is 0 Å². The van der Waals surface area contributed by atoms with Crippen molar-refractivity contribution >= 4 is 24.5 Å². The van der Waals surface area contributed by atoms with Crippen LogP contribution in [0.25, 0.3) is 22.3 Å². The summed E-state index contributed by atoms with van der Waals surface area (Å²) in [5, 5.41) is -0.380. The average molecular weight is 472 g/mol. The SMILES string of the molecule is Fc1c(F)c(F)c(-c2cccc(P=S)c2-c2c(F)c(F)c(F)c(F)c2F)c(F)c1F. The Morgan fingerprint density at radius 1 is 0.467 bits per heavy atom. The molecule has 156 valence electrons. The van der Waals surface area contributed by atoms with E-state index in [9.17, 15) is 43.9 Å². The summed E-state index contributed by atoms with van der Waals surface area (Å²) < 4.78 is 139. The molecule has 0 saturated carbocycles. The first-order chi connectivity index (χ1) is 14.0. The van der Waals surface area contributed by atoms with Crippen molar-refractivity contribution in [2.75, 3.05) is 0 Å². The highest BCUT2D eigenvalue weighted by atomic mass is 32.4. The molecule has 0 aliphatic heterocycles. The minimum atomic E-state index is -2.50. The first-order valence-corrected chi connectivity index (χ1v) is 9.45. The zero-order valence-electron chi connectivity index (χ0n) is 13.9. The zero-order chi connectivity index (χ0) is 22.5. The topological polar surface area (TPSA) is 0 Å². The van der Waals surface area contributed by atoms with Crippen molar-refractivity contribution in [2.45, 2.75) is 0 Å². The van der Waals surface area contributed by atoms with Crippen molar-refractivity contribution in [3.8, 4) is 22.3 Å². The van der Waals surface area contributed by atoms with Gasteiger partial charge in [-0.25, -0.2) is 43.9 Å². The van der Waals surface area contributed by atoms with Crippen LogP contribution in [0.1, 0.15) is 0 Å². The van der Waals surface area contributed by atoms with Crippen molar-refractivity contribution in [3.05, 3.63) is 76.4 Å². The first-order valence-electron chi connectivity index (χ1n) is 7.54. The monoisotopic (exact) mass is 472 g/mol. The third kappa shape index (κ3) is 3.16. The predicted octanol–water partition coefficient (Wildman–Crippen LogP) is 6.45. The molecule has 0 aromatic heterocycles. The van der Waals surface area contributed by atoms with Crippen LogP contribution in [0.2, 0.25) is 0 Å². The van der Waals surface area contributed by atoms with Crippen molar-refractivity contribution in [3.63, 3.8) is 0 Å². The molecule has 0 nitrogen and oxygen atoms in total. The predicted molar refractivity (Wildman–Crippen MR) is 90.8 cm³/mol. The quantitative estimate of drug-likeness (QED) is 0.183. The molecule has 3 aromatic rings. The second-order valence-corrected chi connectivity index (χ2v) is 6.89. The van der Waals surface area contributed by atoms with Crippen LogP contribution in [0.5, 0.6) is 0 Å². The maximum atomic E-state index is 14.4. The van der Waals surface area contributed by atoms with Gasteiger partial charge in [-0.05, 0) is 11.6 Å². The maximum absolute atomic E-state index is 14.4. The number of benzene rings is 3. The Bertz CT molecular complexity index is 1170. The Balaban J connectivity index is 2.57. The molecule has 0 fully saturated rings. The number of halogens is 10. The van der Waals surface area contributed by atoms with Gasteiger partial charge in [0.15, 0.2) is 46.5 Å². The highest BCUT2D eigenvalue weighted by Crippen LogP contribution is 2.41. The molecule has 0 heterocycles. The van der Waals surface area contributed by atoms with Crippen LogP contribution in [0.4, 0.5) is 43.9 Å². The molecule has 30 heavy (non-hydrogen) atoms. The van der Waals surface area contributed by atoms with Gasteiger partial charge in [-0.1, -0.05) is 23.9 Å². The Kier molecular flexibility index (Phi) is 5.88. The van der Waals surface area contributed by atoms with Gasteiger partial charge < -0.3 is 0 Å². The second kappa shape index (κ2) is 7.96. The Labute approximate surface area is 167 Å². The summed E-state index contributed by atoms with van der Waals surface area (Å²) in [7, 11) is -0.285. The highest BCUT2D eigenvalue weighted by molar-refractivity contribution is 7.99. The lowest BCUT2D eigenvalue weighted by Crippen LogP contribution is -2.11. The Morgan fingerprint density at radius 2 is 0.833 bits per heavy atom. The Morgan fingerprint density at radius 3 is 1.23 bits per heavy atom. The van der Waals surface area contributed by atoms with E-state index in [1.807, 2.05) is 0 Å². The lowest BCUT2D eigenvalue weighted by molar-refractivity contribution is 0.380. The largest absolute Gasteiger partial charge is 0.203 e. The highest BCUT2D eigenvalue weighted by Gasteiger charge is 2.33. The van der Waals surface area contributed by atoms with E-state index in [0.717, 1.165) is 12.1 Å². The lowest BCUT2D eigenvalue weighted by atomic mass is 9.92. The molecular formula is C18H3F10PS. The average Bonchev–Trinajstić information content (AvgIpc) is 2.74. The molecular weight excluding hydrogens is 469 g/mol. The minimum Gasteiger partial charge on any atom is -0.203 e. The molecule has 0 spiro atoms. The molecule has 3 rings (SSSR count). The van der Waals surface area contributed by atoms with Crippen LogP contribution in [0, 0.1) is 58.2 Å². The standard InChI is InChI=1S/C18H3F10PS/c19-9-7(10(20)14(24)17(27)13(9)23)4-2-1-3-5(29-30)6(4)8-11(21)15(25)18(28)16(26)12(8)22/h1-3H. The van der Waals surface area contributed by atoms with Gasteiger partial charge in [-0.15, -0.1) is 0 Å². The molecule has 0 bridgehead atoms. The van der Waals surface area contributed by atoms with Gasteiger partial charge in [-0.3, -0.25) is 0 Å².